The minimum atomic E-state index is 0.768. The highest BCUT2D eigenvalue weighted by Gasteiger charge is 2.07. The molecule has 1 N–H and O–H groups in total. The molecule has 0 spiro atoms. The molecule has 0 saturated heterocycles. The summed E-state index contributed by atoms with van der Waals surface area (Å²) in [4.78, 5) is 1.40. The molecule has 21 heavy (non-hydrogen) atoms. The fourth-order valence-corrected chi connectivity index (χ4v) is 3.50. The largest absolute Gasteiger partial charge is 0.383 e. The quantitative estimate of drug-likeness (QED) is 0.445. The van der Waals surface area contributed by atoms with Gasteiger partial charge in [0.25, 0.3) is 0 Å². The number of hydrogen-bond acceptors (Lipinski definition) is 3. The van der Waals surface area contributed by atoms with Crippen LogP contribution in [0.25, 0.3) is 0 Å². The zero-order valence-electron chi connectivity index (χ0n) is 13.9. The first kappa shape index (κ1) is 18.5. The molecule has 1 unspecified atom stereocenters. The van der Waals surface area contributed by atoms with E-state index >= 15 is 0 Å². The second kappa shape index (κ2) is 12.1. The second-order valence-electron chi connectivity index (χ2n) is 5.54. The molecular weight excluding hydrogens is 278 g/mol. The van der Waals surface area contributed by atoms with Crippen LogP contribution in [-0.4, -0.2) is 26.0 Å². The molecule has 0 saturated carbocycles. The van der Waals surface area contributed by atoms with Gasteiger partial charge in [-0.15, -0.1) is 11.8 Å². The fraction of sp³-hybridized carbons (Fsp3) is 0.667. The van der Waals surface area contributed by atoms with Gasteiger partial charge in [0.05, 0.1) is 6.61 Å². The first-order chi connectivity index (χ1) is 10.3. The Labute approximate surface area is 135 Å². The third-order valence-electron chi connectivity index (χ3n) is 3.74. The number of rotatable bonds is 12. The molecule has 1 aromatic carbocycles. The molecule has 0 heterocycles. The van der Waals surface area contributed by atoms with Gasteiger partial charge in [0, 0.05) is 30.8 Å². The Morgan fingerprint density at radius 3 is 2.86 bits per heavy atom. The maximum Gasteiger partial charge on any atom is 0.0587 e. The van der Waals surface area contributed by atoms with Crippen LogP contribution in [0, 0.1) is 5.92 Å². The zero-order valence-corrected chi connectivity index (χ0v) is 14.7. The van der Waals surface area contributed by atoms with E-state index in [1.165, 1.54) is 41.9 Å². The van der Waals surface area contributed by atoms with E-state index in [1.807, 2.05) is 11.8 Å². The summed E-state index contributed by atoms with van der Waals surface area (Å²) >= 11 is 2.01. The van der Waals surface area contributed by atoms with E-state index in [9.17, 15) is 0 Å². The smallest absolute Gasteiger partial charge is 0.0587 e. The third kappa shape index (κ3) is 8.50. The van der Waals surface area contributed by atoms with Crippen molar-refractivity contribution in [1.82, 2.24) is 5.32 Å². The summed E-state index contributed by atoms with van der Waals surface area (Å²) in [5, 5.41) is 3.40. The molecule has 0 bridgehead atoms. The van der Waals surface area contributed by atoms with Crippen LogP contribution >= 0.6 is 11.8 Å². The van der Waals surface area contributed by atoms with Crippen molar-refractivity contribution in [3.63, 3.8) is 0 Å². The Morgan fingerprint density at radius 2 is 2.14 bits per heavy atom. The zero-order chi connectivity index (χ0) is 15.3. The summed E-state index contributed by atoms with van der Waals surface area (Å²) in [6.07, 6.45) is 5.34. The lowest BCUT2D eigenvalue weighted by Gasteiger charge is -2.14. The Morgan fingerprint density at radius 1 is 1.29 bits per heavy atom. The third-order valence-corrected chi connectivity index (χ3v) is 4.96. The van der Waals surface area contributed by atoms with Crippen LogP contribution in [0.3, 0.4) is 0 Å². The predicted octanol–water partition coefficient (Wildman–Crippen LogP) is 4.73. The molecule has 2 nitrogen and oxygen atoms in total. The highest BCUT2D eigenvalue weighted by Crippen LogP contribution is 2.25. The van der Waals surface area contributed by atoms with Crippen molar-refractivity contribution < 1.29 is 4.74 Å². The van der Waals surface area contributed by atoms with E-state index in [2.05, 4.69) is 43.4 Å². The monoisotopic (exact) mass is 309 g/mol. The van der Waals surface area contributed by atoms with Crippen LogP contribution in [0.5, 0.6) is 0 Å². The maximum atomic E-state index is 5.05. The van der Waals surface area contributed by atoms with Crippen molar-refractivity contribution in [2.45, 2.75) is 51.0 Å². The Hall–Kier alpha value is -0.510. The van der Waals surface area contributed by atoms with E-state index in [4.69, 9.17) is 4.74 Å². The summed E-state index contributed by atoms with van der Waals surface area (Å²) in [5.41, 5.74) is 1.36. The van der Waals surface area contributed by atoms with Gasteiger partial charge >= 0.3 is 0 Å². The molecule has 0 amide bonds. The first-order valence-electron chi connectivity index (χ1n) is 8.21. The second-order valence-corrected chi connectivity index (χ2v) is 6.64. The fourth-order valence-electron chi connectivity index (χ4n) is 2.26. The molecule has 1 atom stereocenters. The first-order valence-corrected chi connectivity index (χ1v) is 9.20. The number of hydrogen-bond donors (Lipinski definition) is 1. The van der Waals surface area contributed by atoms with Crippen molar-refractivity contribution >= 4 is 11.8 Å². The maximum absolute atomic E-state index is 5.05. The summed E-state index contributed by atoms with van der Waals surface area (Å²) < 4.78 is 5.05. The predicted molar refractivity (Wildman–Crippen MR) is 94.1 cm³/mol. The molecule has 0 aliphatic heterocycles. The minimum absolute atomic E-state index is 0.768. The van der Waals surface area contributed by atoms with Crippen LogP contribution in [0.4, 0.5) is 0 Å². The molecule has 0 aliphatic carbocycles. The lowest BCUT2D eigenvalue weighted by atomic mass is 10.0. The number of ether oxygens (including phenoxy) is 1. The van der Waals surface area contributed by atoms with E-state index in [0.29, 0.717) is 0 Å². The van der Waals surface area contributed by atoms with E-state index in [0.717, 1.165) is 25.6 Å². The van der Waals surface area contributed by atoms with Crippen molar-refractivity contribution in [2.24, 2.45) is 5.92 Å². The van der Waals surface area contributed by atoms with Crippen molar-refractivity contribution in [2.75, 3.05) is 26.0 Å². The summed E-state index contributed by atoms with van der Waals surface area (Å²) in [5.74, 6) is 2.11. The molecule has 3 heteroatoms. The van der Waals surface area contributed by atoms with E-state index < -0.39 is 0 Å². The van der Waals surface area contributed by atoms with Gasteiger partial charge in [-0.05, 0) is 30.0 Å². The molecule has 120 valence electrons. The summed E-state index contributed by atoms with van der Waals surface area (Å²) in [7, 11) is 1.74. The van der Waals surface area contributed by atoms with Crippen LogP contribution < -0.4 is 5.32 Å². The molecular formula is C18H31NOS. The van der Waals surface area contributed by atoms with Crippen LogP contribution in [0.2, 0.25) is 0 Å². The van der Waals surface area contributed by atoms with E-state index in [-0.39, 0.29) is 0 Å². The molecule has 1 rings (SSSR count). The molecule has 1 aromatic rings. The normalized spacial score (nSPS) is 12.5. The van der Waals surface area contributed by atoms with Crippen LogP contribution in [0.15, 0.2) is 29.2 Å². The van der Waals surface area contributed by atoms with Gasteiger partial charge < -0.3 is 10.1 Å². The van der Waals surface area contributed by atoms with Crippen molar-refractivity contribution in [1.29, 1.82) is 0 Å². The van der Waals surface area contributed by atoms with Gasteiger partial charge in [-0.2, -0.15) is 0 Å². The average Bonchev–Trinajstić information content (AvgIpc) is 2.52. The summed E-state index contributed by atoms with van der Waals surface area (Å²) in [6, 6.07) is 8.91. The SMILES string of the molecule is CCCCC(CC)CSc1cccc(CNCCOC)c1. The highest BCUT2D eigenvalue weighted by molar-refractivity contribution is 7.99. The molecule has 0 fully saturated rings. The Balaban J connectivity index is 2.37. The Kier molecular flexibility index (Phi) is 10.7. The number of benzene rings is 1. The number of methoxy groups -OCH3 is 1. The molecule has 0 aliphatic rings. The lowest BCUT2D eigenvalue weighted by Crippen LogP contribution is -2.18. The van der Waals surface area contributed by atoms with Gasteiger partial charge in [0.2, 0.25) is 0 Å². The van der Waals surface area contributed by atoms with Gasteiger partial charge in [-0.25, -0.2) is 0 Å². The van der Waals surface area contributed by atoms with Gasteiger partial charge in [0.1, 0.15) is 0 Å². The van der Waals surface area contributed by atoms with E-state index in [1.54, 1.807) is 7.11 Å². The van der Waals surface area contributed by atoms with Crippen molar-refractivity contribution in [3.05, 3.63) is 29.8 Å². The summed E-state index contributed by atoms with van der Waals surface area (Å²) in [6.45, 7) is 7.19. The molecule has 0 radical (unpaired) electrons. The Bertz CT molecular complexity index is 370. The van der Waals surface area contributed by atoms with Gasteiger partial charge in [0.15, 0.2) is 0 Å². The number of thioether (sulfide) groups is 1. The lowest BCUT2D eigenvalue weighted by molar-refractivity contribution is 0.199. The van der Waals surface area contributed by atoms with Gasteiger partial charge in [-0.1, -0.05) is 45.2 Å². The molecule has 0 aromatic heterocycles. The minimum Gasteiger partial charge on any atom is -0.383 e. The number of nitrogens with one attached hydrogen (secondary N) is 1. The average molecular weight is 310 g/mol. The highest BCUT2D eigenvalue weighted by atomic mass is 32.2. The van der Waals surface area contributed by atoms with Crippen LogP contribution in [0.1, 0.15) is 45.1 Å². The number of unbranched alkanes of at least 4 members (excludes halogenated alkanes) is 1. The van der Waals surface area contributed by atoms with Crippen LogP contribution in [-0.2, 0) is 11.3 Å². The van der Waals surface area contributed by atoms with Gasteiger partial charge in [-0.3, -0.25) is 0 Å². The standard InChI is InChI=1S/C18H31NOS/c1-4-6-8-16(5-2)15-21-18-10-7-9-17(13-18)14-19-11-12-20-3/h7,9-10,13,16,19H,4-6,8,11-12,14-15H2,1-3H3. The van der Waals surface area contributed by atoms with Crippen molar-refractivity contribution in [3.8, 4) is 0 Å². The topological polar surface area (TPSA) is 21.3 Å².